The second-order valence-electron chi connectivity index (χ2n) is 2.70. The van der Waals surface area contributed by atoms with Crippen molar-refractivity contribution in [2.75, 3.05) is 11.9 Å². The summed E-state index contributed by atoms with van der Waals surface area (Å²) >= 11 is 0. The van der Waals surface area contributed by atoms with E-state index in [0.29, 0.717) is 0 Å². The molecule has 0 unspecified atom stereocenters. The van der Waals surface area contributed by atoms with E-state index in [-0.39, 0.29) is 5.56 Å². The van der Waals surface area contributed by atoms with Crippen LogP contribution in [0.15, 0.2) is 12.3 Å². The maximum Gasteiger partial charge on any atom is 0.129 e. The normalized spacial score (nSPS) is 13.7. The molecule has 1 aromatic heterocycles. The highest BCUT2D eigenvalue weighted by Gasteiger charge is 2.11. The van der Waals surface area contributed by atoms with Gasteiger partial charge in [-0.1, -0.05) is 0 Å². The van der Waals surface area contributed by atoms with E-state index in [9.17, 15) is 9.90 Å². The van der Waals surface area contributed by atoms with Gasteiger partial charge >= 0.3 is 0 Å². The van der Waals surface area contributed by atoms with E-state index in [1.807, 2.05) is 0 Å². The number of pyridine rings is 1. The third-order valence-electron chi connectivity index (χ3n) is 1.89. The van der Waals surface area contributed by atoms with Gasteiger partial charge in [0.15, 0.2) is 0 Å². The summed E-state index contributed by atoms with van der Waals surface area (Å²) in [5.41, 5.74) is 1.11. The summed E-state index contributed by atoms with van der Waals surface area (Å²) in [7, 11) is 0. The van der Waals surface area contributed by atoms with Crippen LogP contribution in [0.25, 0.3) is 0 Å². The Morgan fingerprint density at radius 1 is 1.67 bits per heavy atom. The molecule has 12 heavy (non-hydrogen) atoms. The lowest BCUT2D eigenvalue weighted by Gasteiger charge is -2.03. The summed E-state index contributed by atoms with van der Waals surface area (Å²) in [4.78, 5) is 14.4. The van der Waals surface area contributed by atoms with Crippen molar-refractivity contribution in [1.29, 1.82) is 0 Å². The number of hydrogen-bond donors (Lipinski definition) is 1. The zero-order valence-electron chi connectivity index (χ0n) is 6.33. The van der Waals surface area contributed by atoms with Crippen LogP contribution in [0, 0.1) is 0 Å². The van der Waals surface area contributed by atoms with Crippen molar-refractivity contribution in [3.05, 3.63) is 23.4 Å². The molecule has 62 valence electrons. The molecule has 2 rings (SSSR count). The molecule has 1 aliphatic heterocycles. The number of carboxylic acid groups (broad SMARTS) is 1. The van der Waals surface area contributed by atoms with Crippen molar-refractivity contribution < 1.29 is 9.90 Å². The van der Waals surface area contributed by atoms with Gasteiger partial charge in [0, 0.05) is 18.3 Å². The molecule has 0 saturated heterocycles. The van der Waals surface area contributed by atoms with Gasteiger partial charge in [0.2, 0.25) is 0 Å². The smallest absolute Gasteiger partial charge is 0.129 e. The van der Waals surface area contributed by atoms with Crippen LogP contribution in [0.5, 0.6) is 0 Å². The highest BCUT2D eigenvalue weighted by molar-refractivity contribution is 5.86. The van der Waals surface area contributed by atoms with Crippen molar-refractivity contribution in [3.8, 4) is 0 Å². The first-order valence-electron chi connectivity index (χ1n) is 3.71. The maximum absolute atomic E-state index is 10.4. The van der Waals surface area contributed by atoms with Gasteiger partial charge < -0.3 is 15.2 Å². The number of rotatable bonds is 1. The van der Waals surface area contributed by atoms with Gasteiger partial charge in [-0.2, -0.15) is 0 Å². The van der Waals surface area contributed by atoms with Crippen LogP contribution in [0.1, 0.15) is 15.9 Å². The molecule has 4 heteroatoms. The predicted molar refractivity (Wildman–Crippen MR) is 40.8 cm³/mol. The Balaban J connectivity index is 2.45. The quantitative estimate of drug-likeness (QED) is 0.601. The second-order valence-corrected chi connectivity index (χ2v) is 2.70. The van der Waals surface area contributed by atoms with Crippen LogP contribution < -0.4 is 10.4 Å². The Labute approximate surface area is 69.2 Å². The Bertz CT molecular complexity index is 336. The van der Waals surface area contributed by atoms with Crippen molar-refractivity contribution >= 4 is 11.8 Å². The summed E-state index contributed by atoms with van der Waals surface area (Å²) in [5, 5.41) is 13.5. The minimum absolute atomic E-state index is 0.150. The molecule has 0 fully saturated rings. The van der Waals surface area contributed by atoms with Gasteiger partial charge in [-0.05, 0) is 18.1 Å². The number of aromatic carboxylic acids is 1. The lowest BCUT2D eigenvalue weighted by Crippen LogP contribution is -2.22. The lowest BCUT2D eigenvalue weighted by atomic mass is 10.2. The van der Waals surface area contributed by atoms with Crippen LogP contribution in [0.4, 0.5) is 5.82 Å². The molecule has 0 amide bonds. The molecule has 0 saturated carbocycles. The number of anilines is 1. The molecule has 0 spiro atoms. The minimum atomic E-state index is -1.17. The topological polar surface area (TPSA) is 65.0 Å². The number of hydrogen-bond acceptors (Lipinski definition) is 4. The fourth-order valence-electron chi connectivity index (χ4n) is 1.29. The summed E-state index contributed by atoms with van der Waals surface area (Å²) in [6, 6.07) is 1.61. The summed E-state index contributed by atoms with van der Waals surface area (Å²) in [5.74, 6) is -0.378. The van der Waals surface area contributed by atoms with E-state index < -0.39 is 5.97 Å². The largest absolute Gasteiger partial charge is 0.545 e. The molecule has 1 aliphatic rings. The number of carbonyl (C=O) groups is 1. The third-order valence-corrected chi connectivity index (χ3v) is 1.89. The van der Waals surface area contributed by atoms with Gasteiger partial charge in [-0.25, -0.2) is 4.98 Å². The Hall–Kier alpha value is -1.58. The van der Waals surface area contributed by atoms with Gasteiger partial charge in [0.05, 0.1) is 5.97 Å². The molecule has 0 atom stereocenters. The molecular formula is C8H7N2O2-. The van der Waals surface area contributed by atoms with Crippen LogP contribution >= 0.6 is 0 Å². The molecule has 1 N–H and O–H groups in total. The zero-order valence-corrected chi connectivity index (χ0v) is 6.33. The Kier molecular flexibility index (Phi) is 1.46. The standard InChI is InChI=1S/C8H8N2O2/c11-8(12)6-3-5-1-2-9-7(5)10-4-6/h3-4H,1-2H2,(H,9,10)(H,11,12)/p-1. The summed E-state index contributed by atoms with van der Waals surface area (Å²) in [6.45, 7) is 0.832. The van der Waals surface area contributed by atoms with Gasteiger partial charge in [-0.15, -0.1) is 0 Å². The summed E-state index contributed by atoms with van der Waals surface area (Å²) < 4.78 is 0. The number of nitrogens with zero attached hydrogens (tertiary/aromatic N) is 1. The zero-order chi connectivity index (χ0) is 8.55. The monoisotopic (exact) mass is 163 g/mol. The van der Waals surface area contributed by atoms with Crippen molar-refractivity contribution in [3.63, 3.8) is 0 Å². The Morgan fingerprint density at radius 2 is 2.50 bits per heavy atom. The van der Waals surface area contributed by atoms with Crippen molar-refractivity contribution in [2.45, 2.75) is 6.42 Å². The first-order valence-corrected chi connectivity index (χ1v) is 3.71. The van der Waals surface area contributed by atoms with Crippen molar-refractivity contribution in [1.82, 2.24) is 4.98 Å². The first-order chi connectivity index (χ1) is 5.77. The Morgan fingerprint density at radius 3 is 3.25 bits per heavy atom. The number of fused-ring (bicyclic) bond motifs is 1. The highest BCUT2D eigenvalue weighted by Crippen LogP contribution is 2.19. The molecule has 0 aromatic carbocycles. The van der Waals surface area contributed by atoms with E-state index in [2.05, 4.69) is 10.3 Å². The van der Waals surface area contributed by atoms with E-state index in [0.717, 1.165) is 24.3 Å². The van der Waals surface area contributed by atoms with E-state index in [1.54, 1.807) is 6.07 Å². The van der Waals surface area contributed by atoms with E-state index in [4.69, 9.17) is 0 Å². The fourth-order valence-corrected chi connectivity index (χ4v) is 1.29. The maximum atomic E-state index is 10.4. The van der Waals surface area contributed by atoms with Crippen LogP contribution in [0.3, 0.4) is 0 Å². The molecule has 0 bridgehead atoms. The average Bonchev–Trinajstić information content (AvgIpc) is 2.49. The lowest BCUT2D eigenvalue weighted by molar-refractivity contribution is -0.255. The van der Waals surface area contributed by atoms with Crippen LogP contribution in [0.2, 0.25) is 0 Å². The van der Waals surface area contributed by atoms with Gasteiger partial charge in [-0.3, -0.25) is 0 Å². The molecular weight excluding hydrogens is 156 g/mol. The molecule has 0 radical (unpaired) electrons. The molecule has 4 nitrogen and oxygen atoms in total. The van der Waals surface area contributed by atoms with E-state index >= 15 is 0 Å². The fraction of sp³-hybridized carbons (Fsp3) is 0.250. The number of carbonyl (C=O) groups excluding carboxylic acids is 1. The number of nitrogens with one attached hydrogen (secondary N) is 1. The SMILES string of the molecule is O=C([O-])c1cnc2c(c1)CCN2. The minimum Gasteiger partial charge on any atom is -0.545 e. The van der Waals surface area contributed by atoms with Gasteiger partial charge in [0.1, 0.15) is 5.82 Å². The van der Waals surface area contributed by atoms with Gasteiger partial charge in [0.25, 0.3) is 0 Å². The molecule has 2 heterocycles. The molecule has 1 aromatic rings. The average molecular weight is 163 g/mol. The number of aromatic nitrogens is 1. The van der Waals surface area contributed by atoms with Crippen LogP contribution in [-0.4, -0.2) is 17.5 Å². The van der Waals surface area contributed by atoms with Crippen molar-refractivity contribution in [2.24, 2.45) is 0 Å². The van der Waals surface area contributed by atoms with Crippen LogP contribution in [-0.2, 0) is 6.42 Å². The second kappa shape index (κ2) is 2.48. The third kappa shape index (κ3) is 1.01. The predicted octanol–water partition coefficient (Wildman–Crippen LogP) is -0.587. The molecule has 0 aliphatic carbocycles. The first kappa shape index (κ1) is 7.09. The highest BCUT2D eigenvalue weighted by atomic mass is 16.4. The summed E-state index contributed by atoms with van der Waals surface area (Å²) in [6.07, 6.45) is 2.15. The van der Waals surface area contributed by atoms with E-state index in [1.165, 1.54) is 6.20 Å². The number of carboxylic acids is 1.